The van der Waals surface area contributed by atoms with Crippen molar-refractivity contribution in [3.8, 4) is 16.9 Å². The van der Waals surface area contributed by atoms with Crippen LogP contribution in [-0.2, 0) is 4.79 Å². The van der Waals surface area contributed by atoms with E-state index in [1.165, 1.54) is 20.1 Å². The van der Waals surface area contributed by atoms with Gasteiger partial charge in [0.25, 0.3) is 5.91 Å². The number of carbonyl (C=O) groups excluding carboxylic acids is 1. The minimum Gasteiger partial charge on any atom is -0.497 e. The zero-order valence-electron chi connectivity index (χ0n) is 19.9. The van der Waals surface area contributed by atoms with E-state index in [0.29, 0.717) is 16.9 Å². The molecular weight excluding hydrogens is 435 g/mol. The van der Waals surface area contributed by atoms with Crippen LogP contribution in [0.5, 0.6) is 5.75 Å². The largest absolute Gasteiger partial charge is 0.497 e. The molecule has 0 heterocycles. The van der Waals surface area contributed by atoms with E-state index >= 15 is 0 Å². The Labute approximate surface area is 198 Å². The molecule has 6 nitrogen and oxygen atoms in total. The second-order valence-electron chi connectivity index (χ2n) is 8.35. The van der Waals surface area contributed by atoms with E-state index < -0.39 is 17.9 Å². The van der Waals surface area contributed by atoms with Gasteiger partial charge in [-0.3, -0.25) is 9.59 Å². The lowest BCUT2D eigenvalue weighted by molar-refractivity contribution is -0.138. The van der Waals surface area contributed by atoms with E-state index in [1.54, 1.807) is 12.1 Å². The highest BCUT2D eigenvalue weighted by molar-refractivity contribution is 5.99. The number of anilines is 1. The second-order valence-corrected chi connectivity index (χ2v) is 8.35. The highest BCUT2D eigenvalue weighted by atomic mass is 19.1. The molecule has 3 N–H and O–H groups in total. The van der Waals surface area contributed by atoms with E-state index in [4.69, 9.17) is 9.84 Å². The van der Waals surface area contributed by atoms with Crippen LogP contribution in [0.4, 0.5) is 10.1 Å². The maximum atomic E-state index is 14.5. The Bertz CT molecular complexity index is 1200. The van der Waals surface area contributed by atoms with Crippen molar-refractivity contribution in [2.45, 2.75) is 39.8 Å². The minimum atomic E-state index is -1.09. The number of hydrogen-bond donors (Lipinski definition) is 3. The Balaban J connectivity index is 1.84. The van der Waals surface area contributed by atoms with Crippen LogP contribution >= 0.6 is 0 Å². The Morgan fingerprint density at radius 3 is 2.24 bits per heavy atom. The molecule has 7 heteroatoms. The topological polar surface area (TPSA) is 87.7 Å². The third-order valence-corrected chi connectivity index (χ3v) is 5.73. The number of halogens is 1. The molecule has 2 atom stereocenters. The molecule has 0 aliphatic rings. The van der Waals surface area contributed by atoms with Crippen molar-refractivity contribution in [1.29, 1.82) is 0 Å². The van der Waals surface area contributed by atoms with Gasteiger partial charge in [0.1, 0.15) is 17.6 Å². The number of carboxylic acids is 1. The van der Waals surface area contributed by atoms with Gasteiger partial charge < -0.3 is 20.5 Å². The van der Waals surface area contributed by atoms with Gasteiger partial charge >= 0.3 is 5.97 Å². The average Bonchev–Trinajstić information content (AvgIpc) is 2.78. The lowest BCUT2D eigenvalue weighted by atomic mass is 9.94. The molecule has 3 rings (SSSR count). The molecule has 178 valence electrons. The van der Waals surface area contributed by atoms with Crippen LogP contribution in [0.25, 0.3) is 11.1 Å². The van der Waals surface area contributed by atoms with Crippen LogP contribution in [0.3, 0.4) is 0 Å². The fraction of sp³-hybridized carbons (Fsp3) is 0.259. The molecule has 0 bridgehead atoms. The molecule has 0 aliphatic carbocycles. The number of aryl methyl sites for hydroxylation is 2. The number of hydrogen-bond acceptors (Lipinski definition) is 4. The van der Waals surface area contributed by atoms with Crippen LogP contribution < -0.4 is 15.4 Å². The first kappa shape index (κ1) is 24.8. The summed E-state index contributed by atoms with van der Waals surface area (Å²) in [5.74, 6) is -1.38. The zero-order valence-corrected chi connectivity index (χ0v) is 19.9. The third kappa shape index (κ3) is 5.54. The highest BCUT2D eigenvalue weighted by Crippen LogP contribution is 2.30. The Morgan fingerprint density at radius 2 is 1.65 bits per heavy atom. The number of amides is 1. The van der Waals surface area contributed by atoms with Crippen molar-refractivity contribution in [1.82, 2.24) is 5.32 Å². The first-order valence-corrected chi connectivity index (χ1v) is 11.0. The summed E-state index contributed by atoms with van der Waals surface area (Å²) in [6.07, 6.45) is 0. The Hall–Kier alpha value is -3.87. The van der Waals surface area contributed by atoms with E-state index in [-0.39, 0.29) is 11.9 Å². The number of carboxylic acid groups (broad SMARTS) is 1. The predicted octanol–water partition coefficient (Wildman–Crippen LogP) is 5.49. The summed E-state index contributed by atoms with van der Waals surface area (Å²) in [6, 6.07) is 15.1. The number of aliphatic carboxylic acids is 1. The van der Waals surface area contributed by atoms with Gasteiger partial charge in [-0.25, -0.2) is 4.39 Å². The van der Waals surface area contributed by atoms with Crippen molar-refractivity contribution in [3.05, 3.63) is 82.7 Å². The third-order valence-electron chi connectivity index (χ3n) is 5.73. The van der Waals surface area contributed by atoms with Crippen LogP contribution in [0.2, 0.25) is 0 Å². The van der Waals surface area contributed by atoms with Crippen molar-refractivity contribution in [2.75, 3.05) is 12.4 Å². The number of benzene rings is 3. The first-order chi connectivity index (χ1) is 16.1. The van der Waals surface area contributed by atoms with E-state index in [2.05, 4.69) is 10.6 Å². The molecule has 34 heavy (non-hydrogen) atoms. The molecule has 0 aliphatic heterocycles. The molecular formula is C27H29FN2O4. The minimum absolute atomic E-state index is 0.271. The molecule has 1 unspecified atom stereocenters. The van der Waals surface area contributed by atoms with Crippen LogP contribution in [-0.4, -0.2) is 30.1 Å². The van der Waals surface area contributed by atoms with Crippen molar-refractivity contribution in [3.63, 3.8) is 0 Å². The average molecular weight is 465 g/mol. The Kier molecular flexibility index (Phi) is 7.56. The maximum absolute atomic E-state index is 14.5. The van der Waals surface area contributed by atoms with Crippen LogP contribution in [0.1, 0.15) is 46.9 Å². The fourth-order valence-electron chi connectivity index (χ4n) is 3.92. The van der Waals surface area contributed by atoms with Gasteiger partial charge in [-0.15, -0.1) is 0 Å². The number of ether oxygens (including phenoxy) is 1. The number of carbonyl (C=O) groups is 2. The summed E-state index contributed by atoms with van der Waals surface area (Å²) >= 11 is 0. The van der Waals surface area contributed by atoms with E-state index in [0.717, 1.165) is 27.9 Å². The molecule has 3 aromatic rings. The number of nitrogens with one attached hydrogen (secondary N) is 2. The fourth-order valence-corrected chi connectivity index (χ4v) is 3.92. The monoisotopic (exact) mass is 464 g/mol. The normalized spacial score (nSPS) is 12.5. The number of rotatable bonds is 8. The van der Waals surface area contributed by atoms with Crippen LogP contribution in [0.15, 0.2) is 54.6 Å². The smallest absolute Gasteiger partial charge is 0.325 e. The maximum Gasteiger partial charge on any atom is 0.325 e. The molecule has 0 spiro atoms. The van der Waals surface area contributed by atoms with Crippen LogP contribution in [0, 0.1) is 19.7 Å². The number of methoxy groups -OCH3 is 1. The summed E-state index contributed by atoms with van der Waals surface area (Å²) in [5, 5.41) is 14.9. The standard InChI is InChI=1S/C27H29FN2O4/c1-15-11-20(12-16(2)25(15)26(31)30-18(4)27(32)33)19-7-6-8-21(13-19)29-17(3)23-10-9-22(34-5)14-24(23)28/h6-14,17-18,29H,1-5H3,(H,30,31)(H,32,33)/t17?,18-/m0/s1. The molecule has 0 radical (unpaired) electrons. The quantitative estimate of drug-likeness (QED) is 0.410. The van der Waals surface area contributed by atoms with Gasteiger partial charge in [-0.05, 0) is 68.1 Å². The van der Waals surface area contributed by atoms with E-state index in [9.17, 15) is 14.0 Å². The lowest BCUT2D eigenvalue weighted by Gasteiger charge is -2.18. The molecule has 1 amide bonds. The zero-order chi connectivity index (χ0) is 25.0. The van der Waals surface area contributed by atoms with E-state index in [1.807, 2.05) is 57.2 Å². The van der Waals surface area contributed by atoms with Gasteiger partial charge in [0, 0.05) is 22.9 Å². The highest BCUT2D eigenvalue weighted by Gasteiger charge is 2.19. The second kappa shape index (κ2) is 10.4. The summed E-state index contributed by atoms with van der Waals surface area (Å²) in [4.78, 5) is 23.7. The summed E-state index contributed by atoms with van der Waals surface area (Å²) in [7, 11) is 1.50. The lowest BCUT2D eigenvalue weighted by Crippen LogP contribution is -2.38. The molecule has 0 aromatic heterocycles. The predicted molar refractivity (Wildman–Crippen MR) is 131 cm³/mol. The van der Waals surface area contributed by atoms with Crippen molar-refractivity contribution >= 4 is 17.6 Å². The van der Waals surface area contributed by atoms with Gasteiger partial charge in [-0.1, -0.05) is 30.3 Å². The van der Waals surface area contributed by atoms with Gasteiger partial charge in [0.2, 0.25) is 0 Å². The van der Waals surface area contributed by atoms with Gasteiger partial charge in [0.15, 0.2) is 0 Å². The van der Waals surface area contributed by atoms with Crippen molar-refractivity contribution < 1.29 is 23.8 Å². The van der Waals surface area contributed by atoms with Crippen molar-refractivity contribution in [2.24, 2.45) is 0 Å². The summed E-state index contributed by atoms with van der Waals surface area (Å²) in [6.45, 7) is 6.97. The first-order valence-electron chi connectivity index (χ1n) is 11.0. The molecule has 0 saturated carbocycles. The Morgan fingerprint density at radius 1 is 0.971 bits per heavy atom. The summed E-state index contributed by atoms with van der Waals surface area (Å²) in [5.41, 5.74) is 5.18. The molecule has 0 fully saturated rings. The molecule has 0 saturated heterocycles. The SMILES string of the molecule is COc1ccc(C(C)Nc2cccc(-c3cc(C)c(C(=O)N[C@@H](C)C(=O)O)c(C)c3)c2)c(F)c1. The van der Waals surface area contributed by atoms with Gasteiger partial charge in [-0.2, -0.15) is 0 Å². The van der Waals surface area contributed by atoms with Gasteiger partial charge in [0.05, 0.1) is 13.2 Å². The summed E-state index contributed by atoms with van der Waals surface area (Å²) < 4.78 is 19.5. The molecule has 3 aromatic carbocycles.